The molecular weight excluding hydrogens is 316 g/mol. The molecule has 2 unspecified atom stereocenters. The van der Waals surface area contributed by atoms with Crippen LogP contribution >= 0.6 is 0 Å². The summed E-state index contributed by atoms with van der Waals surface area (Å²) in [5.74, 6) is 0.344. The van der Waals surface area contributed by atoms with Gasteiger partial charge >= 0.3 is 0 Å². The number of piperidine rings is 1. The van der Waals surface area contributed by atoms with Crippen molar-refractivity contribution in [1.29, 1.82) is 0 Å². The Morgan fingerprint density at radius 1 is 1.12 bits per heavy atom. The molecule has 0 spiro atoms. The van der Waals surface area contributed by atoms with Gasteiger partial charge in [0.2, 0.25) is 11.8 Å². The van der Waals surface area contributed by atoms with Gasteiger partial charge in [0.1, 0.15) is 0 Å². The molecule has 3 aliphatic rings. The Morgan fingerprint density at radius 2 is 1.96 bits per heavy atom. The maximum atomic E-state index is 13.0. The fourth-order valence-electron chi connectivity index (χ4n) is 4.27. The molecule has 3 aliphatic heterocycles. The Bertz CT molecular complexity index is 663. The van der Waals surface area contributed by atoms with Gasteiger partial charge in [-0.3, -0.25) is 9.59 Å². The molecule has 25 heavy (non-hydrogen) atoms. The summed E-state index contributed by atoms with van der Waals surface area (Å²) in [7, 11) is 0. The summed E-state index contributed by atoms with van der Waals surface area (Å²) >= 11 is 0. The summed E-state index contributed by atoms with van der Waals surface area (Å²) in [5.41, 5.74) is 2.56. The van der Waals surface area contributed by atoms with Crippen molar-refractivity contribution < 1.29 is 9.59 Å². The zero-order chi connectivity index (χ0) is 17.2. The zero-order valence-electron chi connectivity index (χ0n) is 14.5. The molecule has 2 saturated heterocycles. The first-order valence-electron chi connectivity index (χ1n) is 9.31. The Balaban J connectivity index is 1.41. The van der Waals surface area contributed by atoms with Crippen molar-refractivity contribution in [3.8, 4) is 0 Å². The van der Waals surface area contributed by atoms with Gasteiger partial charge in [0, 0.05) is 38.8 Å². The first kappa shape index (κ1) is 16.5. The number of carbonyl (C=O) groups excluding carboxylic acids is 2. The van der Waals surface area contributed by atoms with Crippen LogP contribution in [0, 0.1) is 0 Å². The van der Waals surface area contributed by atoms with E-state index in [1.165, 1.54) is 11.1 Å². The van der Waals surface area contributed by atoms with E-state index >= 15 is 0 Å². The number of nitrogens with zero attached hydrogens (tertiary/aromatic N) is 2. The Kier molecular flexibility index (Phi) is 4.72. The second kappa shape index (κ2) is 7.14. The molecule has 1 aromatic carbocycles. The van der Waals surface area contributed by atoms with Crippen LogP contribution in [0.3, 0.4) is 0 Å². The fraction of sp³-hybridized carbons (Fsp3) is 0.579. The third-order valence-corrected chi connectivity index (χ3v) is 5.65. The molecule has 3 heterocycles. The van der Waals surface area contributed by atoms with Crippen molar-refractivity contribution in [2.45, 2.75) is 37.9 Å². The third kappa shape index (κ3) is 3.41. The van der Waals surface area contributed by atoms with Gasteiger partial charge in [0.15, 0.2) is 0 Å². The monoisotopic (exact) mass is 342 g/mol. The number of nitrogens with one attached hydrogen (secondary N) is 2. The summed E-state index contributed by atoms with van der Waals surface area (Å²) in [6.45, 7) is 4.24. The van der Waals surface area contributed by atoms with Crippen molar-refractivity contribution >= 4 is 11.8 Å². The second-order valence-electron chi connectivity index (χ2n) is 7.25. The van der Waals surface area contributed by atoms with Crippen molar-refractivity contribution in [3.05, 3.63) is 35.4 Å². The van der Waals surface area contributed by atoms with E-state index in [9.17, 15) is 9.59 Å². The molecule has 0 bridgehead atoms. The lowest BCUT2D eigenvalue weighted by molar-refractivity contribution is -0.141. The minimum atomic E-state index is -0.146. The zero-order valence-corrected chi connectivity index (χ0v) is 14.5. The number of fused-ring (bicyclic) bond motifs is 1. The van der Waals surface area contributed by atoms with Crippen LogP contribution < -0.4 is 10.6 Å². The lowest BCUT2D eigenvalue weighted by atomic mass is 9.94. The van der Waals surface area contributed by atoms with E-state index in [1.807, 2.05) is 21.9 Å². The van der Waals surface area contributed by atoms with E-state index in [4.69, 9.17) is 0 Å². The van der Waals surface area contributed by atoms with Gasteiger partial charge in [-0.25, -0.2) is 0 Å². The molecule has 1 aromatic rings. The minimum absolute atomic E-state index is 0.146. The lowest BCUT2D eigenvalue weighted by Gasteiger charge is -2.42. The summed E-state index contributed by atoms with van der Waals surface area (Å²) < 4.78 is 0. The van der Waals surface area contributed by atoms with Crippen LogP contribution in [0.15, 0.2) is 24.3 Å². The summed E-state index contributed by atoms with van der Waals surface area (Å²) in [4.78, 5) is 29.1. The standard InChI is InChI=1S/C19H26N4O2/c24-18-12-20-7-9-23(18)16-6-3-8-22(13-16)19(25)17-10-14-4-1-2-5-15(14)11-21-17/h1-2,4-5,16-17,20-21H,3,6-13H2. The first-order chi connectivity index (χ1) is 12.2. The van der Waals surface area contributed by atoms with Crippen molar-refractivity contribution in [2.75, 3.05) is 32.7 Å². The van der Waals surface area contributed by atoms with Crippen LogP contribution in [0.4, 0.5) is 0 Å². The number of rotatable bonds is 2. The van der Waals surface area contributed by atoms with Crippen LogP contribution in [0.5, 0.6) is 0 Å². The quantitative estimate of drug-likeness (QED) is 0.802. The first-order valence-corrected chi connectivity index (χ1v) is 9.31. The summed E-state index contributed by atoms with van der Waals surface area (Å²) in [6, 6.07) is 8.35. The predicted molar refractivity (Wildman–Crippen MR) is 95.0 cm³/mol. The molecule has 2 amide bonds. The number of benzene rings is 1. The van der Waals surface area contributed by atoms with Crippen LogP contribution in [-0.2, 0) is 22.6 Å². The van der Waals surface area contributed by atoms with Gasteiger partial charge in [-0.15, -0.1) is 0 Å². The number of amides is 2. The number of hydrogen-bond donors (Lipinski definition) is 2. The Morgan fingerprint density at radius 3 is 2.80 bits per heavy atom. The molecule has 2 atom stereocenters. The van der Waals surface area contributed by atoms with Crippen LogP contribution in [0.25, 0.3) is 0 Å². The molecular formula is C19H26N4O2. The average molecular weight is 342 g/mol. The van der Waals surface area contributed by atoms with Crippen molar-refractivity contribution in [2.24, 2.45) is 0 Å². The predicted octanol–water partition coefficient (Wildman–Crippen LogP) is 0.124. The van der Waals surface area contributed by atoms with E-state index in [-0.39, 0.29) is 23.9 Å². The minimum Gasteiger partial charge on any atom is -0.339 e. The SMILES string of the molecule is O=C(C1Cc2ccccc2CN1)N1CCCC(N2CCNCC2=O)C1. The number of hydrogen-bond acceptors (Lipinski definition) is 4. The van der Waals surface area contributed by atoms with E-state index < -0.39 is 0 Å². The molecule has 0 aliphatic carbocycles. The summed E-state index contributed by atoms with van der Waals surface area (Å²) in [6.07, 6.45) is 2.72. The molecule has 6 nitrogen and oxygen atoms in total. The van der Waals surface area contributed by atoms with E-state index in [0.717, 1.165) is 45.4 Å². The smallest absolute Gasteiger partial charge is 0.240 e. The number of carbonyl (C=O) groups is 2. The lowest BCUT2D eigenvalue weighted by Crippen LogP contribution is -2.59. The van der Waals surface area contributed by atoms with Crippen LogP contribution in [-0.4, -0.2) is 66.4 Å². The highest BCUT2D eigenvalue weighted by molar-refractivity contribution is 5.83. The molecule has 0 radical (unpaired) electrons. The van der Waals surface area contributed by atoms with Crippen molar-refractivity contribution in [3.63, 3.8) is 0 Å². The van der Waals surface area contributed by atoms with E-state index in [2.05, 4.69) is 22.8 Å². The van der Waals surface area contributed by atoms with Crippen LogP contribution in [0.1, 0.15) is 24.0 Å². The molecule has 0 aromatic heterocycles. The van der Waals surface area contributed by atoms with Gasteiger partial charge in [-0.1, -0.05) is 24.3 Å². The molecule has 0 saturated carbocycles. The normalized spacial score (nSPS) is 27.1. The average Bonchev–Trinajstić information content (AvgIpc) is 2.67. The molecule has 4 rings (SSSR count). The molecule has 134 valence electrons. The Labute approximate surface area is 148 Å². The second-order valence-corrected chi connectivity index (χ2v) is 7.25. The largest absolute Gasteiger partial charge is 0.339 e. The van der Waals surface area contributed by atoms with Gasteiger partial charge in [0.05, 0.1) is 12.6 Å². The summed E-state index contributed by atoms with van der Waals surface area (Å²) in [5, 5.41) is 6.51. The van der Waals surface area contributed by atoms with Gasteiger partial charge in [-0.2, -0.15) is 0 Å². The van der Waals surface area contributed by atoms with E-state index in [1.54, 1.807) is 0 Å². The highest BCUT2D eigenvalue weighted by Crippen LogP contribution is 2.21. The van der Waals surface area contributed by atoms with E-state index in [0.29, 0.717) is 13.1 Å². The number of piperazine rings is 1. The molecule has 2 fully saturated rings. The van der Waals surface area contributed by atoms with Crippen LogP contribution in [0.2, 0.25) is 0 Å². The van der Waals surface area contributed by atoms with Gasteiger partial charge < -0.3 is 20.4 Å². The van der Waals surface area contributed by atoms with Gasteiger partial charge in [-0.05, 0) is 30.4 Å². The third-order valence-electron chi connectivity index (χ3n) is 5.65. The highest BCUT2D eigenvalue weighted by atomic mass is 16.2. The highest BCUT2D eigenvalue weighted by Gasteiger charge is 2.34. The maximum absolute atomic E-state index is 13.0. The maximum Gasteiger partial charge on any atom is 0.240 e. The number of likely N-dealkylation sites (tertiary alicyclic amines) is 1. The molecule has 2 N–H and O–H groups in total. The molecule has 6 heteroatoms. The van der Waals surface area contributed by atoms with Gasteiger partial charge in [0.25, 0.3) is 0 Å². The topological polar surface area (TPSA) is 64.7 Å². The van der Waals surface area contributed by atoms with Crippen molar-refractivity contribution in [1.82, 2.24) is 20.4 Å². The fourth-order valence-corrected chi connectivity index (χ4v) is 4.27. The Hall–Kier alpha value is -1.92.